The lowest BCUT2D eigenvalue weighted by molar-refractivity contribution is -0.386. The molecular weight excluding hydrogens is 1060 g/mol. The van der Waals surface area contributed by atoms with Crippen LogP contribution in [0.3, 0.4) is 0 Å². The van der Waals surface area contributed by atoms with Crippen LogP contribution in [0.1, 0.15) is 188 Å². The first kappa shape index (κ1) is 72.5. The van der Waals surface area contributed by atoms with Gasteiger partial charge < -0.3 is 100 Å². The van der Waals surface area contributed by atoms with Crippen LogP contribution in [0.4, 0.5) is 0 Å². The molecule has 23 nitrogen and oxygen atoms in total. The Kier molecular flexibility index (Phi) is 36.2. The summed E-state index contributed by atoms with van der Waals surface area (Å²) in [6.07, 6.45) is 5.46. The van der Waals surface area contributed by atoms with E-state index in [9.17, 15) is 75.7 Å². The van der Waals surface area contributed by atoms with Gasteiger partial charge in [0.05, 0.1) is 50.7 Å². The van der Waals surface area contributed by atoms with Crippen LogP contribution in [0.5, 0.6) is 0 Å². The lowest BCUT2D eigenvalue weighted by Crippen LogP contribution is -2.70. The van der Waals surface area contributed by atoms with Gasteiger partial charge >= 0.3 is 5.97 Å². The fourth-order valence-electron chi connectivity index (χ4n) is 10.5. The lowest BCUT2D eigenvalue weighted by Gasteiger charge is -2.50. The highest BCUT2D eigenvalue weighted by Crippen LogP contribution is 2.38. The van der Waals surface area contributed by atoms with Crippen molar-refractivity contribution in [3.05, 3.63) is 24.3 Å². The molecule has 0 saturated carbocycles. The van der Waals surface area contributed by atoms with E-state index in [1.807, 2.05) is 6.08 Å². The zero-order chi connectivity index (χ0) is 59.7. The third kappa shape index (κ3) is 25.0. The van der Waals surface area contributed by atoms with Crippen molar-refractivity contribution < 1.29 is 104 Å². The molecule has 14 N–H and O–H groups in total. The van der Waals surface area contributed by atoms with Gasteiger partial charge in [-0.05, 0) is 44.9 Å². The predicted octanol–water partition coefficient (Wildman–Crippen LogP) is 2.55. The van der Waals surface area contributed by atoms with E-state index < -0.39 is 155 Å². The molecule has 18 atom stereocenters. The van der Waals surface area contributed by atoms with E-state index in [0.717, 1.165) is 77.6 Å². The van der Waals surface area contributed by atoms with Gasteiger partial charge in [0.1, 0.15) is 67.1 Å². The van der Waals surface area contributed by atoms with Gasteiger partial charge in [-0.1, -0.05) is 147 Å². The normalized spacial score (nSPS) is 30.6. The van der Waals surface area contributed by atoms with Crippen LogP contribution in [0, 0.1) is 0 Å². The van der Waals surface area contributed by atoms with Gasteiger partial charge in [0, 0.05) is 19.8 Å². The van der Waals surface area contributed by atoms with Crippen molar-refractivity contribution in [3.63, 3.8) is 0 Å². The van der Waals surface area contributed by atoms with E-state index in [1.165, 1.54) is 70.6 Å². The molecule has 3 aliphatic rings. The van der Waals surface area contributed by atoms with E-state index in [4.69, 9.17) is 28.4 Å². The van der Waals surface area contributed by atoms with Gasteiger partial charge in [0.15, 0.2) is 12.6 Å². The van der Waals surface area contributed by atoms with Gasteiger partial charge in [0.2, 0.25) is 11.8 Å². The molecule has 2 amide bonds. The first-order valence-corrected chi connectivity index (χ1v) is 30.2. The number of carbonyl (C=O) groups is 3. The third-order valence-electron chi connectivity index (χ3n) is 15.4. The number of unbranched alkanes of at least 4 members (excludes halogenated alkanes) is 21. The highest BCUT2D eigenvalue weighted by atomic mass is 16.8. The zero-order valence-corrected chi connectivity index (χ0v) is 48.4. The minimum absolute atomic E-state index is 0.195. The quantitative estimate of drug-likeness (QED) is 0.0308. The second-order valence-electron chi connectivity index (χ2n) is 22.2. The molecule has 23 heteroatoms. The summed E-state index contributed by atoms with van der Waals surface area (Å²) in [5.74, 6) is -6.15. The van der Waals surface area contributed by atoms with Gasteiger partial charge in [-0.3, -0.25) is 9.59 Å². The summed E-state index contributed by atoms with van der Waals surface area (Å²) in [5, 5.41) is 135. The van der Waals surface area contributed by atoms with Crippen LogP contribution in [0.2, 0.25) is 0 Å². The highest BCUT2D eigenvalue weighted by Gasteiger charge is 2.60. The molecule has 3 aliphatic heterocycles. The molecule has 3 fully saturated rings. The molecule has 18 unspecified atom stereocenters. The summed E-state index contributed by atoms with van der Waals surface area (Å²) >= 11 is 0. The lowest BCUT2D eigenvalue weighted by atomic mass is 9.88. The maximum atomic E-state index is 13.3. The van der Waals surface area contributed by atoms with Gasteiger partial charge in [0.25, 0.3) is 5.79 Å². The van der Waals surface area contributed by atoms with E-state index in [1.54, 1.807) is 6.08 Å². The smallest absolute Gasteiger partial charge is 0.364 e. The van der Waals surface area contributed by atoms with Crippen LogP contribution < -0.4 is 10.6 Å². The van der Waals surface area contributed by atoms with E-state index >= 15 is 0 Å². The molecule has 3 saturated heterocycles. The molecule has 0 radical (unpaired) electrons. The summed E-state index contributed by atoms with van der Waals surface area (Å²) < 4.78 is 34.6. The van der Waals surface area contributed by atoms with Crippen molar-refractivity contribution in [2.75, 3.05) is 26.4 Å². The van der Waals surface area contributed by atoms with Crippen LogP contribution >= 0.6 is 0 Å². The number of hydrogen-bond donors (Lipinski definition) is 14. The van der Waals surface area contributed by atoms with Crippen molar-refractivity contribution in [1.82, 2.24) is 10.6 Å². The maximum Gasteiger partial charge on any atom is 0.364 e. The van der Waals surface area contributed by atoms with E-state index in [0.29, 0.717) is 12.8 Å². The number of nitrogens with one attached hydrogen (secondary N) is 2. The van der Waals surface area contributed by atoms with E-state index in [-0.39, 0.29) is 12.3 Å². The van der Waals surface area contributed by atoms with Crippen molar-refractivity contribution in [2.24, 2.45) is 0 Å². The molecule has 0 bridgehead atoms. The number of hydrogen-bond acceptors (Lipinski definition) is 20. The monoisotopic (exact) mass is 1160 g/mol. The number of carbonyl (C=O) groups excluding carboxylic acids is 2. The number of carboxylic acid groups (broad SMARTS) is 1. The Morgan fingerprint density at radius 1 is 0.642 bits per heavy atom. The summed E-state index contributed by atoms with van der Waals surface area (Å²) in [6.45, 7) is 2.05. The number of aliphatic hydroxyl groups excluding tert-OH is 11. The van der Waals surface area contributed by atoms with Crippen LogP contribution in [0.15, 0.2) is 24.3 Å². The van der Waals surface area contributed by atoms with Crippen molar-refractivity contribution in [3.8, 4) is 0 Å². The second-order valence-corrected chi connectivity index (χ2v) is 22.2. The molecule has 0 aromatic heterocycles. The van der Waals surface area contributed by atoms with Crippen LogP contribution in [-0.4, -0.2) is 215 Å². The maximum absolute atomic E-state index is 13.3. The molecule has 472 valence electrons. The zero-order valence-electron chi connectivity index (χ0n) is 48.4. The predicted molar refractivity (Wildman–Crippen MR) is 297 cm³/mol. The van der Waals surface area contributed by atoms with Crippen LogP contribution in [0.25, 0.3) is 0 Å². The number of ether oxygens (including phenoxy) is 6. The van der Waals surface area contributed by atoms with Crippen molar-refractivity contribution in [1.29, 1.82) is 0 Å². The average molecular weight is 1170 g/mol. The number of rotatable bonds is 43. The number of carboxylic acids is 1. The molecule has 0 aliphatic carbocycles. The fraction of sp³-hybridized carbons (Fsp3) is 0.879. The summed E-state index contributed by atoms with van der Waals surface area (Å²) in [5.41, 5.74) is 0. The third-order valence-corrected chi connectivity index (χ3v) is 15.4. The van der Waals surface area contributed by atoms with Crippen LogP contribution in [-0.2, 0) is 42.8 Å². The highest BCUT2D eigenvalue weighted by molar-refractivity contribution is 5.77. The first-order chi connectivity index (χ1) is 38.9. The van der Waals surface area contributed by atoms with Gasteiger partial charge in [-0.2, -0.15) is 0 Å². The average Bonchev–Trinajstić information content (AvgIpc) is 3.48. The number of aliphatic hydroxyl groups is 11. The Morgan fingerprint density at radius 3 is 1.68 bits per heavy atom. The molecular formula is C58H104N2O21. The Bertz CT molecular complexity index is 1770. The Morgan fingerprint density at radius 2 is 1.16 bits per heavy atom. The molecule has 81 heavy (non-hydrogen) atoms. The second kappa shape index (κ2) is 40.5. The molecule has 3 heterocycles. The SMILES string of the molecule is CCCCCCCC/C=C\CCCCCCCCCC(=O)NC(COC1OC(CO)C(OC2OC(CO)C(O)C(OC3(C(=O)O)CC(O)C(NC(C)=O)C(C(O)C(O)CO)O3)C2O)C(O)C1O)C(O)/C=C/CCCCCCCCCC. The minimum atomic E-state index is -3.08. The first-order valence-electron chi connectivity index (χ1n) is 30.2. The van der Waals surface area contributed by atoms with E-state index in [2.05, 4.69) is 36.6 Å². The standard InChI is InChI=1S/C58H104N2O21/c1-4-6-8-10-12-14-16-17-18-19-20-21-22-24-26-28-30-32-45(68)60-39(40(65)31-29-27-25-23-15-13-11-9-7-5-2)37-76-55-50(72)49(71)52(44(36-63)78-55)79-56-51(73)54(48(70)43(35-62)77-56)81-58(57(74)75)33-41(66)46(59-38(3)64)53(80-58)47(69)42(67)34-61/h17-18,29,31,39-44,46-56,61-63,65-67,69-73H,4-16,19-28,30,32-37H2,1-3H3,(H,59,64)(H,60,68)(H,74,75)/b18-17-,31-29+. The fourth-order valence-corrected chi connectivity index (χ4v) is 10.5. The Hall–Kier alpha value is -2.79. The topological polar surface area (TPSA) is 373 Å². The summed E-state index contributed by atoms with van der Waals surface area (Å²) in [4.78, 5) is 38.3. The molecule has 0 spiro atoms. The van der Waals surface area contributed by atoms with Crippen molar-refractivity contribution >= 4 is 17.8 Å². The summed E-state index contributed by atoms with van der Waals surface area (Å²) in [7, 11) is 0. The Balaban J connectivity index is 1.66. The molecule has 0 aromatic carbocycles. The summed E-state index contributed by atoms with van der Waals surface area (Å²) in [6, 6.07) is -2.62. The van der Waals surface area contributed by atoms with Gasteiger partial charge in [-0.25, -0.2) is 4.79 Å². The number of aliphatic carboxylic acids is 1. The molecule has 0 aromatic rings. The molecule has 3 rings (SSSR count). The largest absolute Gasteiger partial charge is 0.477 e. The number of allylic oxidation sites excluding steroid dienone is 3. The minimum Gasteiger partial charge on any atom is -0.477 e. The van der Waals surface area contributed by atoms with Crippen molar-refractivity contribution in [2.45, 2.75) is 298 Å². The van der Waals surface area contributed by atoms with Gasteiger partial charge in [-0.15, -0.1) is 0 Å². The number of amides is 2. The Labute approximate surface area is 479 Å².